The molecule has 0 aliphatic heterocycles. The lowest BCUT2D eigenvalue weighted by atomic mass is 10.1. The Morgan fingerprint density at radius 2 is 1.96 bits per heavy atom. The van der Waals surface area contributed by atoms with Gasteiger partial charge in [0.2, 0.25) is 0 Å². The fourth-order valence-corrected chi connectivity index (χ4v) is 3.16. The summed E-state index contributed by atoms with van der Waals surface area (Å²) in [5.74, 6) is -3.41. The number of nitrogens with one attached hydrogen (secondary N) is 1. The Hall–Kier alpha value is -2.55. The molecule has 9 heteroatoms. The number of aromatic nitrogens is 2. The number of ketones is 1. The molecule has 25 heavy (non-hydrogen) atoms. The zero-order chi connectivity index (χ0) is 18.7. The molecule has 2 rings (SSSR count). The molecule has 1 N–H and O–H groups in total. The SMILES string of the molecule is COC(=O)c1c(S[C@@H](C)C(=O)c2ccc(F)c(F)c2)nc(=O)[nH]c1C. The van der Waals surface area contributed by atoms with Gasteiger partial charge < -0.3 is 9.72 Å². The Bertz CT molecular complexity index is 898. The molecule has 0 fully saturated rings. The smallest absolute Gasteiger partial charge is 0.346 e. The first-order valence-electron chi connectivity index (χ1n) is 7.09. The van der Waals surface area contributed by atoms with Crippen molar-refractivity contribution in [1.29, 1.82) is 0 Å². The molecule has 0 saturated heterocycles. The van der Waals surface area contributed by atoms with E-state index in [2.05, 4.69) is 14.7 Å². The number of rotatable bonds is 5. The summed E-state index contributed by atoms with van der Waals surface area (Å²) in [5, 5.41) is -0.779. The number of aromatic amines is 1. The van der Waals surface area contributed by atoms with Gasteiger partial charge in [0.25, 0.3) is 0 Å². The van der Waals surface area contributed by atoms with E-state index < -0.39 is 34.3 Å². The van der Waals surface area contributed by atoms with Crippen LogP contribution >= 0.6 is 11.8 Å². The molecule has 1 heterocycles. The van der Waals surface area contributed by atoms with Gasteiger partial charge in [0.05, 0.1) is 12.4 Å². The molecular weight excluding hydrogens is 354 g/mol. The Kier molecular flexibility index (Phi) is 5.68. The van der Waals surface area contributed by atoms with Crippen LogP contribution in [-0.4, -0.2) is 34.1 Å². The van der Waals surface area contributed by atoms with Gasteiger partial charge in [0.15, 0.2) is 17.4 Å². The van der Waals surface area contributed by atoms with E-state index in [1.807, 2.05) is 0 Å². The van der Waals surface area contributed by atoms with E-state index in [0.29, 0.717) is 0 Å². The molecule has 0 amide bonds. The molecule has 0 radical (unpaired) electrons. The van der Waals surface area contributed by atoms with E-state index in [0.717, 1.165) is 30.0 Å². The number of Topliss-reactive ketones (excluding diaryl/α,β-unsaturated/α-hetero) is 1. The number of methoxy groups -OCH3 is 1. The Morgan fingerprint density at radius 3 is 2.56 bits per heavy atom. The van der Waals surface area contributed by atoms with Gasteiger partial charge in [-0.1, -0.05) is 11.8 Å². The average Bonchev–Trinajstić information content (AvgIpc) is 2.55. The number of aryl methyl sites for hydroxylation is 1. The molecule has 2 aromatic rings. The molecule has 132 valence electrons. The number of carbonyl (C=O) groups is 2. The Morgan fingerprint density at radius 1 is 1.28 bits per heavy atom. The van der Waals surface area contributed by atoms with Crippen molar-refractivity contribution >= 4 is 23.5 Å². The zero-order valence-corrected chi connectivity index (χ0v) is 14.4. The van der Waals surface area contributed by atoms with Crippen molar-refractivity contribution in [3.63, 3.8) is 0 Å². The summed E-state index contributed by atoms with van der Waals surface area (Å²) < 4.78 is 30.9. The van der Waals surface area contributed by atoms with Gasteiger partial charge in [-0.3, -0.25) is 4.79 Å². The number of nitrogens with zero attached hydrogens (tertiary/aromatic N) is 1. The van der Waals surface area contributed by atoms with Crippen LogP contribution in [0.1, 0.15) is 33.3 Å². The molecule has 0 bridgehead atoms. The van der Waals surface area contributed by atoms with E-state index in [1.165, 1.54) is 21.0 Å². The predicted octanol–water partition coefficient (Wildman–Crippen LogP) is 2.51. The van der Waals surface area contributed by atoms with Crippen molar-refractivity contribution in [2.45, 2.75) is 24.1 Å². The number of ether oxygens (including phenoxy) is 1. The Balaban J connectivity index is 2.35. The van der Waals surface area contributed by atoms with Crippen LogP contribution in [0.15, 0.2) is 28.0 Å². The molecule has 0 aliphatic rings. The number of thioether (sulfide) groups is 1. The number of carbonyl (C=O) groups excluding carboxylic acids is 2. The Labute approximate surface area is 145 Å². The third kappa shape index (κ3) is 4.11. The van der Waals surface area contributed by atoms with Gasteiger partial charge in [-0.05, 0) is 32.0 Å². The van der Waals surface area contributed by atoms with Crippen molar-refractivity contribution in [3.8, 4) is 0 Å². The van der Waals surface area contributed by atoms with Gasteiger partial charge in [0.1, 0.15) is 10.6 Å². The van der Waals surface area contributed by atoms with Crippen LogP contribution < -0.4 is 5.69 Å². The second-order valence-corrected chi connectivity index (χ2v) is 6.42. The average molecular weight is 368 g/mol. The molecule has 1 atom stereocenters. The molecule has 0 aliphatic carbocycles. The topological polar surface area (TPSA) is 89.1 Å². The molecule has 0 spiro atoms. The summed E-state index contributed by atoms with van der Waals surface area (Å²) in [4.78, 5) is 42.0. The summed E-state index contributed by atoms with van der Waals surface area (Å²) in [6.07, 6.45) is 0. The van der Waals surface area contributed by atoms with Crippen LogP contribution in [0.5, 0.6) is 0 Å². The van der Waals surface area contributed by atoms with Gasteiger partial charge in [-0.25, -0.2) is 18.4 Å². The quantitative estimate of drug-likeness (QED) is 0.378. The molecule has 0 saturated carbocycles. The lowest BCUT2D eigenvalue weighted by Gasteiger charge is -2.13. The summed E-state index contributed by atoms with van der Waals surface area (Å²) in [6, 6.07) is 2.82. The van der Waals surface area contributed by atoms with Crippen LogP contribution in [-0.2, 0) is 4.74 Å². The minimum atomic E-state index is -1.14. The second kappa shape index (κ2) is 7.56. The van der Waals surface area contributed by atoms with Gasteiger partial charge in [-0.15, -0.1) is 0 Å². The van der Waals surface area contributed by atoms with Crippen molar-refractivity contribution in [2.24, 2.45) is 0 Å². The van der Waals surface area contributed by atoms with E-state index in [4.69, 9.17) is 0 Å². The van der Waals surface area contributed by atoms with Gasteiger partial charge in [0, 0.05) is 11.3 Å². The second-order valence-electron chi connectivity index (χ2n) is 5.09. The maximum Gasteiger partial charge on any atom is 0.346 e. The van der Waals surface area contributed by atoms with Crippen LogP contribution in [0.2, 0.25) is 0 Å². The summed E-state index contributed by atoms with van der Waals surface area (Å²) in [7, 11) is 1.18. The van der Waals surface area contributed by atoms with Crippen molar-refractivity contribution in [2.75, 3.05) is 7.11 Å². The molecule has 1 aromatic heterocycles. The largest absolute Gasteiger partial charge is 0.465 e. The number of hydrogen-bond acceptors (Lipinski definition) is 6. The fourth-order valence-electron chi connectivity index (χ4n) is 2.09. The van der Waals surface area contributed by atoms with Gasteiger partial charge >= 0.3 is 11.7 Å². The monoisotopic (exact) mass is 368 g/mol. The molecule has 1 aromatic carbocycles. The lowest BCUT2D eigenvalue weighted by Crippen LogP contribution is -2.21. The van der Waals surface area contributed by atoms with E-state index in [9.17, 15) is 23.2 Å². The highest BCUT2D eigenvalue weighted by atomic mass is 32.2. The van der Waals surface area contributed by atoms with Crippen LogP contribution in [0.4, 0.5) is 8.78 Å². The number of benzene rings is 1. The van der Waals surface area contributed by atoms with E-state index >= 15 is 0 Å². The van der Waals surface area contributed by atoms with E-state index in [-0.39, 0.29) is 21.8 Å². The van der Waals surface area contributed by atoms with Gasteiger partial charge in [-0.2, -0.15) is 4.98 Å². The van der Waals surface area contributed by atoms with Crippen molar-refractivity contribution < 1.29 is 23.1 Å². The standard InChI is InChI=1S/C16H14F2N2O4S/c1-7-12(15(22)24-3)14(20-16(23)19-7)25-8(2)13(21)9-4-5-10(17)11(18)6-9/h4-6,8H,1-3H3,(H,19,20,23)/t8-/m0/s1. The summed E-state index contributed by atoms with van der Waals surface area (Å²) in [6.45, 7) is 3.01. The predicted molar refractivity (Wildman–Crippen MR) is 86.9 cm³/mol. The summed E-state index contributed by atoms with van der Waals surface area (Å²) in [5.41, 5.74) is -0.418. The lowest BCUT2D eigenvalue weighted by molar-refractivity contribution is 0.0593. The highest BCUT2D eigenvalue weighted by Gasteiger charge is 2.24. The maximum atomic E-state index is 13.3. The third-order valence-corrected chi connectivity index (χ3v) is 4.42. The number of esters is 1. The summed E-state index contributed by atoms with van der Waals surface area (Å²) >= 11 is 0.858. The van der Waals surface area contributed by atoms with Crippen LogP contribution in [0.25, 0.3) is 0 Å². The molecular formula is C16H14F2N2O4S. The molecule has 6 nitrogen and oxygen atoms in total. The van der Waals surface area contributed by atoms with Crippen molar-refractivity contribution in [3.05, 3.63) is 57.1 Å². The third-order valence-electron chi connectivity index (χ3n) is 3.34. The first kappa shape index (κ1) is 18.8. The number of hydrogen-bond donors (Lipinski definition) is 1. The minimum Gasteiger partial charge on any atom is -0.465 e. The minimum absolute atomic E-state index is 0.0246. The number of H-pyrrole nitrogens is 1. The van der Waals surface area contributed by atoms with Crippen LogP contribution in [0.3, 0.4) is 0 Å². The fraction of sp³-hybridized carbons (Fsp3) is 0.250. The highest BCUT2D eigenvalue weighted by Crippen LogP contribution is 2.28. The normalized spacial score (nSPS) is 11.9. The first-order chi connectivity index (χ1) is 11.7. The van der Waals surface area contributed by atoms with E-state index in [1.54, 1.807) is 0 Å². The highest BCUT2D eigenvalue weighted by molar-refractivity contribution is 8.00. The number of halogens is 2. The maximum absolute atomic E-state index is 13.3. The van der Waals surface area contributed by atoms with Crippen molar-refractivity contribution in [1.82, 2.24) is 9.97 Å². The first-order valence-corrected chi connectivity index (χ1v) is 7.97. The molecule has 0 unspecified atom stereocenters. The zero-order valence-electron chi connectivity index (χ0n) is 13.6. The van der Waals surface area contributed by atoms with Crippen LogP contribution in [0, 0.1) is 18.6 Å².